The lowest BCUT2D eigenvalue weighted by Gasteiger charge is -2.06. The van der Waals surface area contributed by atoms with Gasteiger partial charge < -0.3 is 11.1 Å². The summed E-state index contributed by atoms with van der Waals surface area (Å²) in [5.74, 6) is 0.537. The van der Waals surface area contributed by atoms with Crippen molar-refractivity contribution in [1.29, 1.82) is 0 Å². The number of nitrogens with one attached hydrogen (secondary N) is 2. The summed E-state index contributed by atoms with van der Waals surface area (Å²) < 4.78 is 0. The minimum atomic E-state index is -0.275. The maximum atomic E-state index is 11.2. The minimum Gasteiger partial charge on any atom is -0.369 e. The molecule has 0 amide bonds. The highest BCUT2D eigenvalue weighted by Gasteiger charge is 1.99. The van der Waals surface area contributed by atoms with Crippen LogP contribution in [-0.4, -0.2) is 9.97 Å². The van der Waals surface area contributed by atoms with Gasteiger partial charge in [0.15, 0.2) is 0 Å². The number of nitrogens with two attached hydrogens (primary N) is 1. The first kappa shape index (κ1) is 10.2. The molecule has 5 heteroatoms. The van der Waals surface area contributed by atoms with Crippen LogP contribution in [0.1, 0.15) is 5.56 Å². The van der Waals surface area contributed by atoms with E-state index in [4.69, 9.17) is 5.73 Å². The quantitative estimate of drug-likeness (QED) is 0.708. The summed E-state index contributed by atoms with van der Waals surface area (Å²) in [5.41, 5.74) is 7.16. The van der Waals surface area contributed by atoms with Crippen molar-refractivity contribution in [1.82, 2.24) is 9.97 Å². The number of aromatic nitrogens is 2. The lowest BCUT2D eigenvalue weighted by molar-refractivity contribution is 1.14. The Kier molecular flexibility index (Phi) is 2.59. The molecule has 1 aromatic carbocycles. The maximum Gasteiger partial charge on any atom is 0.254 e. The summed E-state index contributed by atoms with van der Waals surface area (Å²) in [7, 11) is 0. The van der Waals surface area contributed by atoms with Gasteiger partial charge in [-0.3, -0.25) is 9.78 Å². The van der Waals surface area contributed by atoms with Gasteiger partial charge in [-0.05, 0) is 24.6 Å². The van der Waals surface area contributed by atoms with Gasteiger partial charge in [0.1, 0.15) is 5.82 Å². The van der Waals surface area contributed by atoms with Crippen LogP contribution in [-0.2, 0) is 0 Å². The molecule has 2 aromatic rings. The summed E-state index contributed by atoms with van der Waals surface area (Å²) >= 11 is 0. The molecule has 0 aliphatic heterocycles. The molecular weight excluding hydrogens is 204 g/mol. The molecule has 0 atom stereocenters. The van der Waals surface area contributed by atoms with Gasteiger partial charge in [0.2, 0.25) is 5.95 Å². The van der Waals surface area contributed by atoms with Crippen LogP contribution in [0.2, 0.25) is 0 Å². The number of nitrogens with zero attached hydrogens (tertiary/aromatic N) is 1. The first-order valence-corrected chi connectivity index (χ1v) is 4.84. The molecule has 0 spiro atoms. The summed E-state index contributed by atoms with van der Waals surface area (Å²) in [6.07, 6.45) is 0. The average molecular weight is 216 g/mol. The minimum absolute atomic E-state index is 0.0997. The second kappa shape index (κ2) is 4.06. The third kappa shape index (κ3) is 2.38. The van der Waals surface area contributed by atoms with Crippen LogP contribution in [0, 0.1) is 6.92 Å². The van der Waals surface area contributed by atoms with Crippen molar-refractivity contribution < 1.29 is 0 Å². The van der Waals surface area contributed by atoms with Crippen molar-refractivity contribution in [3.8, 4) is 0 Å². The number of rotatable bonds is 2. The van der Waals surface area contributed by atoms with Crippen molar-refractivity contribution >= 4 is 17.5 Å². The molecule has 2 rings (SSSR count). The van der Waals surface area contributed by atoms with Crippen LogP contribution in [0.3, 0.4) is 0 Å². The monoisotopic (exact) mass is 216 g/mol. The van der Waals surface area contributed by atoms with Crippen LogP contribution in [0.25, 0.3) is 0 Å². The zero-order chi connectivity index (χ0) is 11.5. The Bertz CT molecular complexity index is 562. The highest BCUT2D eigenvalue weighted by atomic mass is 16.1. The largest absolute Gasteiger partial charge is 0.369 e. The SMILES string of the molecule is Cc1cccc(Nc2cc(=O)[nH]c(N)n2)c1. The highest BCUT2D eigenvalue weighted by Crippen LogP contribution is 2.14. The summed E-state index contributed by atoms with van der Waals surface area (Å²) in [6, 6.07) is 9.13. The van der Waals surface area contributed by atoms with E-state index in [9.17, 15) is 4.79 Å². The lowest BCUT2D eigenvalue weighted by atomic mass is 10.2. The Morgan fingerprint density at radius 2 is 2.19 bits per heavy atom. The van der Waals surface area contributed by atoms with E-state index in [-0.39, 0.29) is 11.5 Å². The predicted molar refractivity (Wildman–Crippen MR) is 63.7 cm³/mol. The van der Waals surface area contributed by atoms with Gasteiger partial charge in [0.05, 0.1) is 0 Å². The van der Waals surface area contributed by atoms with Crippen molar-refractivity contribution in [2.24, 2.45) is 0 Å². The zero-order valence-electron chi connectivity index (χ0n) is 8.82. The fourth-order valence-corrected chi connectivity index (χ4v) is 1.41. The molecule has 0 aliphatic carbocycles. The van der Waals surface area contributed by atoms with Gasteiger partial charge in [0, 0.05) is 11.8 Å². The van der Waals surface area contributed by atoms with E-state index in [0.29, 0.717) is 5.82 Å². The Morgan fingerprint density at radius 1 is 1.38 bits per heavy atom. The summed E-state index contributed by atoms with van der Waals surface area (Å²) in [5, 5.41) is 3.02. The Hall–Kier alpha value is -2.30. The molecule has 0 saturated carbocycles. The van der Waals surface area contributed by atoms with Gasteiger partial charge in [0.25, 0.3) is 5.56 Å². The topological polar surface area (TPSA) is 83.8 Å². The van der Waals surface area contributed by atoms with Gasteiger partial charge in [-0.1, -0.05) is 12.1 Å². The van der Waals surface area contributed by atoms with Crippen LogP contribution in [0.4, 0.5) is 17.5 Å². The average Bonchev–Trinajstić information content (AvgIpc) is 2.15. The molecule has 5 nitrogen and oxygen atoms in total. The smallest absolute Gasteiger partial charge is 0.254 e. The predicted octanol–water partition coefficient (Wildman–Crippen LogP) is 1.40. The fourth-order valence-electron chi connectivity index (χ4n) is 1.41. The van der Waals surface area contributed by atoms with Crippen LogP contribution in [0.5, 0.6) is 0 Å². The number of nitrogen functional groups attached to an aromatic ring is 1. The molecule has 1 aromatic heterocycles. The Labute approximate surface area is 92.3 Å². The molecule has 0 radical (unpaired) electrons. The second-order valence-corrected chi connectivity index (χ2v) is 3.51. The Balaban J connectivity index is 2.30. The van der Waals surface area contributed by atoms with E-state index >= 15 is 0 Å². The molecule has 0 unspecified atom stereocenters. The van der Waals surface area contributed by atoms with Crippen LogP contribution < -0.4 is 16.6 Å². The Morgan fingerprint density at radius 3 is 2.88 bits per heavy atom. The van der Waals surface area contributed by atoms with E-state index in [1.54, 1.807) is 0 Å². The number of aromatic amines is 1. The normalized spacial score (nSPS) is 10.1. The van der Waals surface area contributed by atoms with Crippen molar-refractivity contribution in [3.63, 3.8) is 0 Å². The molecule has 0 bridgehead atoms. The number of benzene rings is 1. The zero-order valence-corrected chi connectivity index (χ0v) is 8.82. The second-order valence-electron chi connectivity index (χ2n) is 3.51. The fraction of sp³-hybridized carbons (Fsp3) is 0.0909. The van der Waals surface area contributed by atoms with Crippen molar-refractivity contribution in [2.75, 3.05) is 11.1 Å². The first-order valence-electron chi connectivity index (χ1n) is 4.84. The molecule has 0 saturated heterocycles. The third-order valence-corrected chi connectivity index (χ3v) is 2.05. The van der Waals surface area contributed by atoms with Crippen LogP contribution in [0.15, 0.2) is 35.1 Å². The molecule has 4 N–H and O–H groups in total. The molecule has 16 heavy (non-hydrogen) atoms. The summed E-state index contributed by atoms with van der Waals surface area (Å²) in [6.45, 7) is 1.99. The lowest BCUT2D eigenvalue weighted by Crippen LogP contribution is -2.11. The molecule has 0 fully saturated rings. The number of hydrogen-bond donors (Lipinski definition) is 3. The number of H-pyrrole nitrogens is 1. The van der Waals surface area contributed by atoms with E-state index in [2.05, 4.69) is 15.3 Å². The first-order chi connectivity index (χ1) is 7.63. The number of aryl methyl sites for hydroxylation is 1. The van der Waals surface area contributed by atoms with Gasteiger partial charge >= 0.3 is 0 Å². The van der Waals surface area contributed by atoms with Gasteiger partial charge in [-0.2, -0.15) is 4.98 Å². The number of hydrogen-bond acceptors (Lipinski definition) is 4. The van der Waals surface area contributed by atoms with E-state index in [0.717, 1.165) is 11.3 Å². The van der Waals surface area contributed by atoms with Crippen LogP contribution >= 0.6 is 0 Å². The molecular formula is C11H12N4O. The van der Waals surface area contributed by atoms with E-state index < -0.39 is 0 Å². The number of anilines is 3. The summed E-state index contributed by atoms with van der Waals surface area (Å²) in [4.78, 5) is 17.5. The molecule has 82 valence electrons. The van der Waals surface area contributed by atoms with Gasteiger partial charge in [-0.15, -0.1) is 0 Å². The van der Waals surface area contributed by atoms with Crippen molar-refractivity contribution in [3.05, 3.63) is 46.2 Å². The maximum absolute atomic E-state index is 11.2. The van der Waals surface area contributed by atoms with E-state index in [1.165, 1.54) is 6.07 Å². The van der Waals surface area contributed by atoms with E-state index in [1.807, 2.05) is 31.2 Å². The molecule has 0 aliphatic rings. The van der Waals surface area contributed by atoms with Gasteiger partial charge in [-0.25, -0.2) is 0 Å². The van der Waals surface area contributed by atoms with Crippen molar-refractivity contribution in [2.45, 2.75) is 6.92 Å². The highest BCUT2D eigenvalue weighted by molar-refractivity contribution is 5.57. The third-order valence-electron chi connectivity index (χ3n) is 2.05. The molecule has 1 heterocycles. The standard InChI is InChI=1S/C11H12N4O/c1-7-3-2-4-8(5-7)13-9-6-10(16)15-11(12)14-9/h2-6H,1H3,(H4,12,13,14,15,16).